The highest BCUT2D eigenvalue weighted by Gasteiger charge is 2.67. The maximum Gasteiger partial charge on any atom is 0.330 e. The van der Waals surface area contributed by atoms with Gasteiger partial charge in [-0.2, -0.15) is 0 Å². The number of allylic oxidation sites excluding steroid dienone is 1. The Hall–Kier alpha value is -0.950. The molecule has 188 valence electrons. The molecule has 0 radical (unpaired) electrons. The van der Waals surface area contributed by atoms with E-state index in [1.54, 1.807) is 13.0 Å². The highest BCUT2D eigenvalue weighted by atomic mass is 16.4. The van der Waals surface area contributed by atoms with E-state index < -0.39 is 30.4 Å². The summed E-state index contributed by atoms with van der Waals surface area (Å²) in [5.41, 5.74) is -0.286. The summed E-state index contributed by atoms with van der Waals surface area (Å²) in [6.45, 7) is 8.20. The summed E-state index contributed by atoms with van der Waals surface area (Å²) in [6.07, 6.45) is 5.53. The number of aliphatic carboxylic acids is 1. The number of rotatable bonds is 5. The average Bonchev–Trinajstić information content (AvgIpc) is 3.09. The normalized spacial score (nSPS) is 50.8. The van der Waals surface area contributed by atoms with Crippen LogP contribution in [0.3, 0.4) is 0 Å². The number of fused-ring (bicyclic) bond motifs is 5. The minimum atomic E-state index is -0.875. The molecule has 0 aliphatic heterocycles. The summed E-state index contributed by atoms with van der Waals surface area (Å²) < 4.78 is 0. The number of aliphatic hydroxyl groups is 4. The highest BCUT2D eigenvalue weighted by molar-refractivity contribution is 5.85. The minimum Gasteiger partial charge on any atom is -0.478 e. The second-order valence-electron chi connectivity index (χ2n) is 12.3. The van der Waals surface area contributed by atoms with E-state index in [2.05, 4.69) is 20.8 Å². The molecule has 0 amide bonds. The topological polar surface area (TPSA) is 118 Å². The van der Waals surface area contributed by atoms with Crippen LogP contribution in [0, 0.1) is 46.3 Å². The third kappa shape index (κ3) is 3.89. The Labute approximate surface area is 198 Å². The van der Waals surface area contributed by atoms with Gasteiger partial charge in [0, 0.05) is 5.57 Å². The molecule has 0 heterocycles. The molecule has 4 fully saturated rings. The van der Waals surface area contributed by atoms with Crippen LogP contribution in [0.5, 0.6) is 0 Å². The van der Waals surface area contributed by atoms with Crippen molar-refractivity contribution in [3.8, 4) is 0 Å². The molecule has 4 aliphatic rings. The fourth-order valence-electron chi connectivity index (χ4n) is 9.05. The molecule has 5 N–H and O–H groups in total. The lowest BCUT2D eigenvalue weighted by molar-refractivity contribution is -0.234. The minimum absolute atomic E-state index is 0.0528. The Morgan fingerprint density at radius 1 is 0.970 bits per heavy atom. The van der Waals surface area contributed by atoms with Crippen LogP contribution in [0.25, 0.3) is 0 Å². The Balaban J connectivity index is 1.56. The van der Waals surface area contributed by atoms with Crippen LogP contribution >= 0.6 is 0 Å². The number of hydrogen-bond acceptors (Lipinski definition) is 5. The van der Waals surface area contributed by atoms with Crippen molar-refractivity contribution in [2.24, 2.45) is 46.3 Å². The molecule has 0 aromatic rings. The molecule has 4 saturated carbocycles. The molecule has 0 saturated heterocycles. The molecule has 0 spiro atoms. The average molecular weight is 465 g/mol. The van der Waals surface area contributed by atoms with Gasteiger partial charge in [-0.1, -0.05) is 26.8 Å². The molecule has 0 aromatic carbocycles. The Bertz CT molecular complexity index is 781. The van der Waals surface area contributed by atoms with Gasteiger partial charge in [0.2, 0.25) is 0 Å². The van der Waals surface area contributed by atoms with Crippen molar-refractivity contribution in [3.05, 3.63) is 11.6 Å². The molecule has 0 bridgehead atoms. The van der Waals surface area contributed by atoms with E-state index in [0.717, 1.165) is 25.7 Å². The maximum atomic E-state index is 11.6. The van der Waals surface area contributed by atoms with Gasteiger partial charge in [0.05, 0.1) is 24.4 Å². The predicted octanol–water partition coefficient (Wildman–Crippen LogP) is 3.37. The molecular weight excluding hydrogens is 420 g/mol. The van der Waals surface area contributed by atoms with E-state index in [9.17, 15) is 25.2 Å². The summed E-state index contributed by atoms with van der Waals surface area (Å²) in [4.78, 5) is 11.1. The van der Waals surface area contributed by atoms with Crippen LogP contribution in [-0.2, 0) is 4.79 Å². The van der Waals surface area contributed by atoms with Gasteiger partial charge in [-0.3, -0.25) is 0 Å². The zero-order valence-electron chi connectivity index (χ0n) is 20.7. The first-order valence-electron chi connectivity index (χ1n) is 13.0. The van der Waals surface area contributed by atoms with Gasteiger partial charge in [0.15, 0.2) is 0 Å². The number of carbonyl (C=O) groups is 1. The number of carboxylic acids is 1. The van der Waals surface area contributed by atoms with Crippen molar-refractivity contribution in [1.29, 1.82) is 0 Å². The van der Waals surface area contributed by atoms with Crippen molar-refractivity contribution < 1.29 is 30.3 Å². The number of hydrogen-bond donors (Lipinski definition) is 5. The van der Waals surface area contributed by atoms with Crippen LogP contribution in [0.4, 0.5) is 0 Å². The standard InChI is InChI=1S/C27H44O6/c1-14(6-5-7-15(2)25(32)33)18-8-9-19-24-20(13-23(31)27(18,19)4)26(3)16(11-21(24)29)10-17(28)12-22(26)30/h7,14,16-24,28-31H,5-6,8-13H2,1-4H3,(H,32,33)/b15-7+/t14-,16+,17+,18-,19+,20+,21-,22-,23+,24+,26+,27-/m1/s1. The molecule has 0 aromatic heterocycles. The monoisotopic (exact) mass is 464 g/mol. The van der Waals surface area contributed by atoms with E-state index in [4.69, 9.17) is 5.11 Å². The first-order valence-corrected chi connectivity index (χ1v) is 13.0. The Kier molecular flexibility index (Phi) is 6.80. The summed E-state index contributed by atoms with van der Waals surface area (Å²) >= 11 is 0. The van der Waals surface area contributed by atoms with Gasteiger partial charge >= 0.3 is 5.97 Å². The van der Waals surface area contributed by atoms with Crippen LogP contribution in [0.15, 0.2) is 11.6 Å². The van der Waals surface area contributed by atoms with Gasteiger partial charge in [0.1, 0.15) is 0 Å². The second-order valence-corrected chi connectivity index (χ2v) is 12.3. The first-order chi connectivity index (χ1) is 15.4. The number of aliphatic hydroxyl groups excluding tert-OH is 4. The highest BCUT2D eigenvalue weighted by Crippen LogP contribution is 2.68. The Morgan fingerprint density at radius 2 is 1.64 bits per heavy atom. The van der Waals surface area contributed by atoms with Crippen molar-refractivity contribution in [2.45, 2.75) is 103 Å². The van der Waals surface area contributed by atoms with Crippen LogP contribution < -0.4 is 0 Å². The molecule has 4 rings (SSSR count). The molecule has 12 atom stereocenters. The van der Waals surface area contributed by atoms with E-state index in [0.29, 0.717) is 43.1 Å². The van der Waals surface area contributed by atoms with Crippen molar-refractivity contribution in [2.75, 3.05) is 0 Å². The molecule has 6 heteroatoms. The van der Waals surface area contributed by atoms with Gasteiger partial charge in [0.25, 0.3) is 0 Å². The second kappa shape index (κ2) is 8.92. The molecule has 6 nitrogen and oxygen atoms in total. The third-order valence-corrected chi connectivity index (χ3v) is 11.0. The summed E-state index contributed by atoms with van der Waals surface area (Å²) in [5.74, 6) is 0.204. The molecule has 33 heavy (non-hydrogen) atoms. The SMILES string of the molecule is C/C(=C\CC[C@@H](C)[C@H]1CC[C@H]2[C@@H]3[C@H](O)C[C@@H]4C[C@H](O)C[C@@H](O)[C@]4(C)[C@H]3C[C@H](O)[C@]12C)C(=O)O. The largest absolute Gasteiger partial charge is 0.478 e. The van der Waals surface area contributed by atoms with Crippen molar-refractivity contribution in [3.63, 3.8) is 0 Å². The maximum absolute atomic E-state index is 11.6. The third-order valence-electron chi connectivity index (χ3n) is 11.0. The van der Waals surface area contributed by atoms with Gasteiger partial charge in [-0.05, 0) is 105 Å². The van der Waals surface area contributed by atoms with E-state index in [1.807, 2.05) is 0 Å². The van der Waals surface area contributed by atoms with E-state index in [1.165, 1.54) is 0 Å². The van der Waals surface area contributed by atoms with Crippen molar-refractivity contribution >= 4 is 5.97 Å². The van der Waals surface area contributed by atoms with Crippen molar-refractivity contribution in [1.82, 2.24) is 0 Å². The first kappa shape index (κ1) is 25.2. The zero-order chi connectivity index (χ0) is 24.3. The van der Waals surface area contributed by atoms with Gasteiger partial charge in [-0.25, -0.2) is 4.79 Å². The fourth-order valence-corrected chi connectivity index (χ4v) is 9.05. The quantitative estimate of drug-likeness (QED) is 0.398. The smallest absolute Gasteiger partial charge is 0.330 e. The summed E-state index contributed by atoms with van der Waals surface area (Å²) in [7, 11) is 0. The molecular formula is C27H44O6. The van der Waals surface area contributed by atoms with Gasteiger partial charge < -0.3 is 25.5 Å². The lowest BCUT2D eigenvalue weighted by Gasteiger charge is -2.64. The molecule has 4 aliphatic carbocycles. The summed E-state index contributed by atoms with van der Waals surface area (Å²) in [5, 5.41) is 53.4. The Morgan fingerprint density at radius 3 is 2.30 bits per heavy atom. The van der Waals surface area contributed by atoms with Crippen LogP contribution in [0.1, 0.15) is 79.1 Å². The lowest BCUT2D eigenvalue weighted by Crippen LogP contribution is -2.65. The predicted molar refractivity (Wildman–Crippen MR) is 125 cm³/mol. The number of carboxylic acid groups (broad SMARTS) is 1. The zero-order valence-corrected chi connectivity index (χ0v) is 20.7. The lowest BCUT2D eigenvalue weighted by atomic mass is 9.42. The van der Waals surface area contributed by atoms with E-state index >= 15 is 0 Å². The van der Waals surface area contributed by atoms with Gasteiger partial charge in [-0.15, -0.1) is 0 Å². The van der Waals surface area contributed by atoms with Crippen LogP contribution in [-0.4, -0.2) is 55.9 Å². The van der Waals surface area contributed by atoms with E-state index in [-0.39, 0.29) is 34.5 Å². The summed E-state index contributed by atoms with van der Waals surface area (Å²) in [6, 6.07) is 0. The fraction of sp³-hybridized carbons (Fsp3) is 0.889. The molecule has 0 unspecified atom stereocenters. The van der Waals surface area contributed by atoms with Crippen LogP contribution in [0.2, 0.25) is 0 Å².